The van der Waals surface area contributed by atoms with E-state index in [4.69, 9.17) is 4.74 Å². The van der Waals surface area contributed by atoms with E-state index in [9.17, 15) is 0 Å². The fourth-order valence-corrected chi connectivity index (χ4v) is 4.28. The van der Waals surface area contributed by atoms with Crippen LogP contribution < -0.4 is 10.1 Å². The molecule has 5 heteroatoms. The summed E-state index contributed by atoms with van der Waals surface area (Å²) in [5.41, 5.74) is 0. The molecule has 3 atom stereocenters. The normalized spacial score (nSPS) is 32.3. The van der Waals surface area contributed by atoms with E-state index >= 15 is 0 Å². The third kappa shape index (κ3) is 2.79. The number of ether oxygens (including phenoxy) is 1. The van der Waals surface area contributed by atoms with Crippen LogP contribution in [0.2, 0.25) is 0 Å². The van der Waals surface area contributed by atoms with E-state index in [1.807, 2.05) is 0 Å². The molecule has 0 radical (unpaired) electrons. The lowest BCUT2D eigenvalue weighted by molar-refractivity contribution is 0.117. The van der Waals surface area contributed by atoms with Gasteiger partial charge in [0.25, 0.3) is 0 Å². The summed E-state index contributed by atoms with van der Waals surface area (Å²) in [4.78, 5) is 8.88. The topological polar surface area (TPSA) is 47.0 Å². The second kappa shape index (κ2) is 5.53. The Morgan fingerprint density at radius 2 is 1.95 bits per heavy atom. The second-order valence-corrected chi connectivity index (χ2v) is 7.21. The summed E-state index contributed by atoms with van der Waals surface area (Å²) >= 11 is 1.81. The van der Waals surface area contributed by atoms with Crippen LogP contribution in [0.25, 0.3) is 0 Å². The molecule has 1 aliphatic carbocycles. The van der Waals surface area contributed by atoms with Crippen molar-refractivity contribution in [3.63, 3.8) is 0 Å². The van der Waals surface area contributed by atoms with Crippen LogP contribution in [-0.2, 0) is 0 Å². The molecule has 3 aliphatic rings. The van der Waals surface area contributed by atoms with Crippen LogP contribution in [0.1, 0.15) is 38.5 Å². The zero-order chi connectivity index (χ0) is 13.4. The lowest BCUT2D eigenvalue weighted by atomic mass is 10.0. The van der Waals surface area contributed by atoms with Crippen molar-refractivity contribution in [2.45, 2.75) is 61.7 Å². The molecule has 4 rings (SSSR count). The van der Waals surface area contributed by atoms with Crippen molar-refractivity contribution < 1.29 is 4.74 Å². The van der Waals surface area contributed by atoms with Gasteiger partial charge in [-0.25, -0.2) is 9.97 Å². The zero-order valence-corrected chi connectivity index (χ0v) is 12.4. The van der Waals surface area contributed by atoms with E-state index in [1.165, 1.54) is 32.1 Å². The lowest BCUT2D eigenvalue weighted by Crippen LogP contribution is -2.46. The zero-order valence-electron chi connectivity index (χ0n) is 11.6. The van der Waals surface area contributed by atoms with Gasteiger partial charge >= 0.3 is 0 Å². The number of aromatic nitrogens is 2. The number of thioether (sulfide) groups is 1. The molecule has 0 aromatic carbocycles. The van der Waals surface area contributed by atoms with Crippen LogP contribution in [0.15, 0.2) is 17.4 Å². The van der Waals surface area contributed by atoms with Crippen molar-refractivity contribution in [2.75, 3.05) is 5.75 Å². The van der Waals surface area contributed by atoms with Crippen molar-refractivity contribution >= 4 is 11.8 Å². The third-order valence-corrected chi connectivity index (χ3v) is 5.76. The van der Waals surface area contributed by atoms with Gasteiger partial charge in [0.1, 0.15) is 6.10 Å². The van der Waals surface area contributed by atoms with E-state index < -0.39 is 0 Å². The van der Waals surface area contributed by atoms with Gasteiger partial charge in [-0.1, -0.05) is 0 Å². The number of fused-ring (bicyclic) bond motifs is 2. The molecule has 108 valence electrons. The van der Waals surface area contributed by atoms with E-state index in [1.54, 1.807) is 24.2 Å². The highest BCUT2D eigenvalue weighted by Gasteiger charge is 2.37. The Balaban J connectivity index is 1.44. The van der Waals surface area contributed by atoms with Gasteiger partial charge in [-0.3, -0.25) is 0 Å². The van der Waals surface area contributed by atoms with Gasteiger partial charge in [-0.15, -0.1) is 11.8 Å². The van der Waals surface area contributed by atoms with Crippen LogP contribution in [0.3, 0.4) is 0 Å². The van der Waals surface area contributed by atoms with Crippen molar-refractivity contribution in [2.24, 2.45) is 5.92 Å². The highest BCUT2D eigenvalue weighted by molar-refractivity contribution is 7.99. The average molecular weight is 291 g/mol. The Kier molecular flexibility index (Phi) is 3.56. The number of piperidine rings is 1. The number of rotatable bonds is 5. The van der Waals surface area contributed by atoms with Crippen LogP contribution in [0.4, 0.5) is 0 Å². The van der Waals surface area contributed by atoms with E-state index in [2.05, 4.69) is 15.3 Å². The molecule has 4 nitrogen and oxygen atoms in total. The molecular weight excluding hydrogens is 270 g/mol. The monoisotopic (exact) mass is 291 g/mol. The maximum Gasteiger partial charge on any atom is 0.247 e. The number of nitrogens with one attached hydrogen (secondary N) is 1. The molecule has 3 unspecified atom stereocenters. The second-order valence-electron chi connectivity index (χ2n) is 6.20. The average Bonchev–Trinajstić information content (AvgIpc) is 3.23. The van der Waals surface area contributed by atoms with Crippen molar-refractivity contribution in [3.8, 4) is 5.88 Å². The summed E-state index contributed by atoms with van der Waals surface area (Å²) in [5, 5.41) is 4.63. The highest BCUT2D eigenvalue weighted by Crippen LogP contribution is 2.37. The molecule has 1 saturated carbocycles. The van der Waals surface area contributed by atoms with Gasteiger partial charge in [0.15, 0.2) is 5.03 Å². The maximum atomic E-state index is 6.21. The first-order chi connectivity index (χ1) is 9.88. The predicted molar refractivity (Wildman–Crippen MR) is 79.1 cm³/mol. The molecule has 0 amide bonds. The van der Waals surface area contributed by atoms with E-state index in [0.717, 1.165) is 35.0 Å². The smallest absolute Gasteiger partial charge is 0.247 e. The van der Waals surface area contributed by atoms with Crippen molar-refractivity contribution in [1.82, 2.24) is 15.3 Å². The number of hydrogen-bond donors (Lipinski definition) is 1. The Bertz CT molecular complexity index is 480. The molecule has 1 aromatic heterocycles. The minimum Gasteiger partial charge on any atom is -0.471 e. The first kappa shape index (κ1) is 12.9. The lowest BCUT2D eigenvalue weighted by Gasteiger charge is -2.30. The van der Waals surface area contributed by atoms with Crippen LogP contribution >= 0.6 is 11.8 Å². The number of nitrogens with zero attached hydrogens (tertiary/aromatic N) is 2. The van der Waals surface area contributed by atoms with Crippen LogP contribution in [0, 0.1) is 5.92 Å². The molecule has 1 N–H and O–H groups in total. The Hall–Kier alpha value is -0.810. The Morgan fingerprint density at radius 3 is 2.85 bits per heavy atom. The summed E-state index contributed by atoms with van der Waals surface area (Å²) in [6.07, 6.45) is 11.4. The van der Waals surface area contributed by atoms with Crippen LogP contribution in [0.5, 0.6) is 5.88 Å². The Labute approximate surface area is 124 Å². The first-order valence-electron chi connectivity index (χ1n) is 7.75. The van der Waals surface area contributed by atoms with E-state index in [0.29, 0.717) is 6.04 Å². The quantitative estimate of drug-likeness (QED) is 0.845. The summed E-state index contributed by atoms with van der Waals surface area (Å²) in [6, 6.07) is 1.24. The van der Waals surface area contributed by atoms with Gasteiger partial charge in [0, 0.05) is 30.2 Å². The minimum absolute atomic E-state index is 0.269. The summed E-state index contributed by atoms with van der Waals surface area (Å²) < 4.78 is 6.21. The fourth-order valence-electron chi connectivity index (χ4n) is 3.20. The predicted octanol–water partition coefficient (Wildman–Crippen LogP) is 2.64. The summed E-state index contributed by atoms with van der Waals surface area (Å²) in [5.74, 6) is 2.79. The van der Waals surface area contributed by atoms with Crippen molar-refractivity contribution in [3.05, 3.63) is 12.4 Å². The molecule has 20 heavy (non-hydrogen) atoms. The van der Waals surface area contributed by atoms with E-state index in [-0.39, 0.29) is 6.10 Å². The molecule has 0 spiro atoms. The third-order valence-electron chi connectivity index (χ3n) is 4.57. The Morgan fingerprint density at radius 1 is 1.10 bits per heavy atom. The molecule has 2 saturated heterocycles. The molecule has 2 bridgehead atoms. The maximum absolute atomic E-state index is 6.21. The van der Waals surface area contributed by atoms with Crippen molar-refractivity contribution in [1.29, 1.82) is 0 Å². The van der Waals surface area contributed by atoms with Gasteiger partial charge < -0.3 is 10.1 Å². The summed E-state index contributed by atoms with van der Waals surface area (Å²) in [6.45, 7) is 0. The van der Waals surface area contributed by atoms with Gasteiger partial charge in [-0.05, 0) is 44.4 Å². The number of hydrogen-bond acceptors (Lipinski definition) is 5. The molecule has 1 aromatic rings. The fraction of sp³-hybridized carbons (Fsp3) is 0.733. The standard InChI is InChI=1S/C15H21N3OS/c1-2-10(1)9-20-15-14(16-7-8-17-15)19-13-6-4-11-3-5-12(13)18-11/h7-8,10-13,18H,1-6,9H2. The van der Waals surface area contributed by atoms with Gasteiger partial charge in [0.05, 0.1) is 0 Å². The van der Waals surface area contributed by atoms with Gasteiger partial charge in [-0.2, -0.15) is 0 Å². The molecular formula is C15H21N3OS. The molecule has 3 fully saturated rings. The van der Waals surface area contributed by atoms with Crippen LogP contribution in [-0.4, -0.2) is 33.9 Å². The molecule has 3 heterocycles. The molecule has 2 aliphatic heterocycles. The van der Waals surface area contributed by atoms with Gasteiger partial charge in [0.2, 0.25) is 5.88 Å². The largest absolute Gasteiger partial charge is 0.471 e. The minimum atomic E-state index is 0.269. The highest BCUT2D eigenvalue weighted by atomic mass is 32.2. The summed E-state index contributed by atoms with van der Waals surface area (Å²) in [7, 11) is 0. The SMILES string of the molecule is c1cnc(SCC2CC2)c(OC2CCC3CCC2N3)n1. The first-order valence-corrected chi connectivity index (χ1v) is 8.73.